The standard InChI is InChI=1S/C22H48N6O3/c1-21(2,13-27-19(29)17(25)9-5-7-11-23)15-31-16-22(3,4)14-28-20(30)18(26)10-6-8-12-24/h17-18H,5-16,23-26H2,1-4H3,(H,27,29)(H,28,30). The molecular weight excluding hydrogens is 396 g/mol. The number of hydrogen-bond acceptors (Lipinski definition) is 7. The lowest BCUT2D eigenvalue weighted by atomic mass is 9.92. The number of unbranched alkanes of at least 4 members (excludes halogenated alkanes) is 2. The molecule has 0 aromatic carbocycles. The van der Waals surface area contributed by atoms with Crippen molar-refractivity contribution >= 4 is 11.8 Å². The van der Waals surface area contributed by atoms with Crippen molar-refractivity contribution in [2.24, 2.45) is 33.8 Å². The maximum atomic E-state index is 12.1. The molecule has 0 aliphatic rings. The van der Waals surface area contributed by atoms with Gasteiger partial charge in [0.1, 0.15) is 0 Å². The molecule has 2 amide bonds. The van der Waals surface area contributed by atoms with Gasteiger partial charge in [0.05, 0.1) is 25.3 Å². The van der Waals surface area contributed by atoms with E-state index in [0.29, 0.717) is 52.2 Å². The third kappa shape index (κ3) is 15.2. The van der Waals surface area contributed by atoms with Crippen LogP contribution in [-0.4, -0.2) is 63.3 Å². The van der Waals surface area contributed by atoms with Crippen LogP contribution in [0.15, 0.2) is 0 Å². The molecule has 0 aliphatic heterocycles. The molecule has 0 saturated heterocycles. The number of nitrogens with two attached hydrogens (primary N) is 4. The van der Waals surface area contributed by atoms with Crippen molar-refractivity contribution in [3.8, 4) is 0 Å². The van der Waals surface area contributed by atoms with Crippen LogP contribution in [0.5, 0.6) is 0 Å². The van der Waals surface area contributed by atoms with Crippen LogP contribution in [0.25, 0.3) is 0 Å². The largest absolute Gasteiger partial charge is 0.380 e. The van der Waals surface area contributed by atoms with Crippen molar-refractivity contribution in [2.45, 2.75) is 78.3 Å². The molecule has 2 atom stereocenters. The van der Waals surface area contributed by atoms with Crippen LogP contribution in [-0.2, 0) is 14.3 Å². The van der Waals surface area contributed by atoms with Crippen molar-refractivity contribution in [2.75, 3.05) is 39.4 Å². The smallest absolute Gasteiger partial charge is 0.236 e. The zero-order chi connectivity index (χ0) is 23.9. The summed E-state index contributed by atoms with van der Waals surface area (Å²) in [5, 5.41) is 5.83. The number of hydrogen-bond donors (Lipinski definition) is 6. The quantitative estimate of drug-likeness (QED) is 0.164. The average Bonchev–Trinajstić information content (AvgIpc) is 2.70. The Hall–Kier alpha value is -1.26. The maximum Gasteiger partial charge on any atom is 0.236 e. The Bertz CT molecular complexity index is 469. The summed E-state index contributed by atoms with van der Waals surface area (Å²) in [6, 6.07) is -1.01. The molecule has 9 nitrogen and oxygen atoms in total. The molecule has 10 N–H and O–H groups in total. The molecule has 0 aromatic rings. The molecule has 9 heteroatoms. The fourth-order valence-corrected chi connectivity index (χ4v) is 2.90. The highest BCUT2D eigenvalue weighted by atomic mass is 16.5. The topological polar surface area (TPSA) is 172 Å². The van der Waals surface area contributed by atoms with Crippen LogP contribution in [0.4, 0.5) is 0 Å². The van der Waals surface area contributed by atoms with Gasteiger partial charge in [0, 0.05) is 23.9 Å². The van der Waals surface area contributed by atoms with Gasteiger partial charge in [-0.1, -0.05) is 40.5 Å². The molecule has 0 fully saturated rings. The minimum Gasteiger partial charge on any atom is -0.380 e. The minimum absolute atomic E-state index is 0.143. The van der Waals surface area contributed by atoms with Gasteiger partial charge in [-0.15, -0.1) is 0 Å². The SMILES string of the molecule is CC(C)(CNC(=O)C(N)CCCCN)COCC(C)(C)CNC(=O)C(N)CCCCN. The highest BCUT2D eigenvalue weighted by Crippen LogP contribution is 2.19. The zero-order valence-electron chi connectivity index (χ0n) is 20.2. The predicted octanol–water partition coefficient (Wildman–Crippen LogP) is 0.200. The summed E-state index contributed by atoms with van der Waals surface area (Å²) in [6.07, 6.45) is 4.71. The van der Waals surface area contributed by atoms with Crippen LogP contribution in [0.1, 0.15) is 66.2 Å². The molecular formula is C22H48N6O3. The summed E-state index contributed by atoms with van der Waals surface area (Å²) >= 11 is 0. The molecule has 0 saturated carbocycles. The first kappa shape index (κ1) is 29.7. The second-order valence-electron chi connectivity index (χ2n) is 10.0. The van der Waals surface area contributed by atoms with E-state index < -0.39 is 12.1 Å². The number of nitrogens with one attached hydrogen (secondary N) is 2. The Morgan fingerprint density at radius 3 is 1.42 bits per heavy atom. The van der Waals surface area contributed by atoms with E-state index in [1.54, 1.807) is 0 Å². The summed E-state index contributed by atoms with van der Waals surface area (Å²) < 4.78 is 5.91. The van der Waals surface area contributed by atoms with E-state index in [9.17, 15) is 9.59 Å². The fraction of sp³-hybridized carbons (Fsp3) is 0.909. The molecule has 0 rings (SSSR count). The van der Waals surface area contributed by atoms with Gasteiger partial charge in [0.2, 0.25) is 11.8 Å². The lowest BCUT2D eigenvalue weighted by Crippen LogP contribution is -2.46. The molecule has 31 heavy (non-hydrogen) atoms. The number of carbonyl (C=O) groups excluding carboxylic acids is 2. The lowest BCUT2D eigenvalue weighted by molar-refractivity contribution is -0.123. The molecule has 0 bridgehead atoms. The monoisotopic (exact) mass is 444 g/mol. The van der Waals surface area contributed by atoms with Crippen LogP contribution in [0.2, 0.25) is 0 Å². The van der Waals surface area contributed by atoms with Gasteiger partial charge in [-0.25, -0.2) is 0 Å². The van der Waals surface area contributed by atoms with Crippen molar-refractivity contribution in [3.63, 3.8) is 0 Å². The number of rotatable bonds is 18. The zero-order valence-corrected chi connectivity index (χ0v) is 20.2. The Labute approximate surface area is 188 Å². The second-order valence-corrected chi connectivity index (χ2v) is 10.0. The molecule has 0 aliphatic carbocycles. The Kier molecular flexibility index (Phi) is 14.9. The van der Waals surface area contributed by atoms with Gasteiger partial charge in [0.25, 0.3) is 0 Å². The molecule has 0 radical (unpaired) electrons. The van der Waals surface area contributed by atoms with Crippen LogP contribution in [0.3, 0.4) is 0 Å². The summed E-state index contributed by atoms with van der Waals surface area (Å²) in [5.74, 6) is -0.285. The van der Waals surface area contributed by atoms with Gasteiger partial charge in [-0.05, 0) is 38.8 Å². The molecule has 0 spiro atoms. The minimum atomic E-state index is -0.507. The van der Waals surface area contributed by atoms with E-state index in [2.05, 4.69) is 10.6 Å². The highest BCUT2D eigenvalue weighted by Gasteiger charge is 2.25. The summed E-state index contributed by atoms with van der Waals surface area (Å²) in [6.45, 7) is 11.3. The van der Waals surface area contributed by atoms with E-state index in [0.717, 1.165) is 25.7 Å². The van der Waals surface area contributed by atoms with Crippen LogP contribution >= 0.6 is 0 Å². The van der Waals surface area contributed by atoms with Crippen molar-refractivity contribution in [1.29, 1.82) is 0 Å². The van der Waals surface area contributed by atoms with Gasteiger partial charge in [-0.3, -0.25) is 9.59 Å². The summed E-state index contributed by atoms with van der Waals surface area (Å²) in [4.78, 5) is 24.3. The van der Waals surface area contributed by atoms with Crippen molar-refractivity contribution < 1.29 is 14.3 Å². The first-order valence-electron chi connectivity index (χ1n) is 11.5. The Morgan fingerprint density at radius 2 is 1.10 bits per heavy atom. The van der Waals surface area contributed by atoms with E-state index in [-0.39, 0.29) is 22.6 Å². The highest BCUT2D eigenvalue weighted by molar-refractivity contribution is 5.81. The van der Waals surface area contributed by atoms with Gasteiger partial charge in [-0.2, -0.15) is 0 Å². The van der Waals surface area contributed by atoms with Gasteiger partial charge >= 0.3 is 0 Å². The van der Waals surface area contributed by atoms with Crippen molar-refractivity contribution in [3.05, 3.63) is 0 Å². The number of amides is 2. The van der Waals surface area contributed by atoms with Crippen molar-refractivity contribution in [1.82, 2.24) is 10.6 Å². The third-order valence-corrected chi connectivity index (χ3v) is 5.08. The van der Waals surface area contributed by atoms with E-state index in [1.807, 2.05) is 27.7 Å². The van der Waals surface area contributed by atoms with E-state index in [4.69, 9.17) is 27.7 Å². The normalized spacial score (nSPS) is 14.2. The summed E-state index contributed by atoms with van der Waals surface area (Å²) in [7, 11) is 0. The van der Waals surface area contributed by atoms with Gasteiger partial charge in [0.15, 0.2) is 0 Å². The third-order valence-electron chi connectivity index (χ3n) is 5.08. The first-order valence-corrected chi connectivity index (χ1v) is 11.5. The molecule has 0 heterocycles. The Balaban J connectivity index is 4.20. The maximum absolute atomic E-state index is 12.1. The number of ether oxygens (including phenoxy) is 1. The van der Waals surface area contributed by atoms with E-state index in [1.165, 1.54) is 0 Å². The average molecular weight is 445 g/mol. The van der Waals surface area contributed by atoms with Crippen LogP contribution in [0, 0.1) is 10.8 Å². The molecule has 2 unspecified atom stereocenters. The fourth-order valence-electron chi connectivity index (χ4n) is 2.90. The molecule has 184 valence electrons. The number of carbonyl (C=O) groups is 2. The lowest BCUT2D eigenvalue weighted by Gasteiger charge is -2.30. The van der Waals surface area contributed by atoms with Gasteiger partial charge < -0.3 is 38.3 Å². The predicted molar refractivity (Wildman–Crippen MR) is 126 cm³/mol. The Morgan fingerprint density at radius 1 is 0.742 bits per heavy atom. The molecule has 0 aromatic heterocycles. The van der Waals surface area contributed by atoms with E-state index >= 15 is 0 Å². The summed E-state index contributed by atoms with van der Waals surface area (Å²) in [5.41, 5.74) is 22.3. The second kappa shape index (κ2) is 15.5. The van der Waals surface area contributed by atoms with Crippen LogP contribution < -0.4 is 33.6 Å². The first-order chi connectivity index (χ1) is 14.4.